The van der Waals surface area contributed by atoms with Gasteiger partial charge in [0.1, 0.15) is 5.78 Å². The van der Waals surface area contributed by atoms with Crippen LogP contribution in [0.2, 0.25) is 0 Å². The second kappa shape index (κ2) is 2.31. The third-order valence-electron chi connectivity index (χ3n) is 3.42. The number of rotatable bonds is 1. The lowest BCUT2D eigenvalue weighted by Gasteiger charge is -2.45. The number of carbonyl (C=O) groups is 1. The normalized spacial score (nSPS) is 42.5. The standard InChI is InChI=1S/C9H15NO/c1-7(11)9-4-2-8(3-5-9)10-6-9/h8,10H,2-6H2,1H3. The Morgan fingerprint density at radius 3 is 2.36 bits per heavy atom. The van der Waals surface area contributed by atoms with Crippen molar-refractivity contribution in [3.05, 3.63) is 0 Å². The summed E-state index contributed by atoms with van der Waals surface area (Å²) in [7, 11) is 0. The molecule has 0 aromatic rings. The van der Waals surface area contributed by atoms with Crippen LogP contribution in [0.4, 0.5) is 0 Å². The van der Waals surface area contributed by atoms with Crippen LogP contribution in [0.1, 0.15) is 32.6 Å². The van der Waals surface area contributed by atoms with Crippen LogP contribution in [0.25, 0.3) is 0 Å². The number of Topliss-reactive ketones (excluding diaryl/α,β-unsaturated/α-hetero) is 1. The molecule has 3 rings (SSSR count). The van der Waals surface area contributed by atoms with Gasteiger partial charge >= 0.3 is 0 Å². The maximum atomic E-state index is 11.3. The summed E-state index contributed by atoms with van der Waals surface area (Å²) in [5.41, 5.74) is 0.0365. The molecule has 2 heteroatoms. The SMILES string of the molecule is CC(=O)C12CCC(CC1)NC2. The number of piperidine rings is 2. The highest BCUT2D eigenvalue weighted by atomic mass is 16.1. The number of nitrogens with one attached hydrogen (secondary N) is 1. The molecule has 3 fully saturated rings. The molecular formula is C9H15NO. The van der Waals surface area contributed by atoms with Gasteiger partial charge in [-0.3, -0.25) is 4.79 Å². The molecular weight excluding hydrogens is 138 g/mol. The molecule has 2 nitrogen and oxygen atoms in total. The maximum absolute atomic E-state index is 11.3. The fourth-order valence-corrected chi connectivity index (χ4v) is 2.37. The molecule has 0 aromatic heterocycles. The highest BCUT2D eigenvalue weighted by molar-refractivity contribution is 5.83. The van der Waals surface area contributed by atoms with Gasteiger partial charge in [-0.05, 0) is 32.6 Å². The number of ketones is 1. The Balaban J connectivity index is 2.18. The molecule has 2 bridgehead atoms. The van der Waals surface area contributed by atoms with Gasteiger partial charge in [0.25, 0.3) is 0 Å². The number of fused-ring (bicyclic) bond motifs is 3. The van der Waals surface area contributed by atoms with Crippen LogP contribution >= 0.6 is 0 Å². The summed E-state index contributed by atoms with van der Waals surface area (Å²) in [6.07, 6.45) is 4.67. The summed E-state index contributed by atoms with van der Waals surface area (Å²) in [5, 5.41) is 3.42. The third-order valence-corrected chi connectivity index (χ3v) is 3.42. The summed E-state index contributed by atoms with van der Waals surface area (Å²) in [6.45, 7) is 2.68. The average Bonchev–Trinajstić information content (AvgIpc) is 2.08. The fourth-order valence-electron chi connectivity index (χ4n) is 2.37. The highest BCUT2D eigenvalue weighted by Crippen LogP contribution is 2.40. The second-order valence-electron chi connectivity index (χ2n) is 3.99. The van der Waals surface area contributed by atoms with Crippen molar-refractivity contribution < 1.29 is 4.79 Å². The molecule has 1 saturated carbocycles. The second-order valence-corrected chi connectivity index (χ2v) is 3.99. The Morgan fingerprint density at radius 1 is 1.45 bits per heavy atom. The molecule has 2 aliphatic heterocycles. The zero-order valence-corrected chi connectivity index (χ0v) is 7.02. The van der Waals surface area contributed by atoms with Crippen LogP contribution in [-0.2, 0) is 4.79 Å². The van der Waals surface area contributed by atoms with Gasteiger partial charge in [0.2, 0.25) is 0 Å². The Morgan fingerprint density at radius 2 is 2.09 bits per heavy atom. The van der Waals surface area contributed by atoms with Gasteiger partial charge < -0.3 is 5.32 Å². The van der Waals surface area contributed by atoms with Gasteiger partial charge in [0.15, 0.2) is 0 Å². The lowest BCUT2D eigenvalue weighted by Crippen LogP contribution is -2.54. The van der Waals surface area contributed by atoms with Crippen molar-refractivity contribution in [3.8, 4) is 0 Å². The predicted octanol–water partition coefficient (Wildman–Crippen LogP) is 1.11. The Kier molecular flexibility index (Phi) is 1.53. The van der Waals surface area contributed by atoms with E-state index in [0.717, 1.165) is 25.4 Å². The molecule has 0 amide bonds. The van der Waals surface area contributed by atoms with Crippen molar-refractivity contribution in [3.63, 3.8) is 0 Å². The Labute approximate surface area is 67.4 Å². The molecule has 3 aliphatic rings. The van der Waals surface area contributed by atoms with Crippen molar-refractivity contribution in [2.45, 2.75) is 38.6 Å². The lowest BCUT2D eigenvalue weighted by atomic mass is 9.67. The monoisotopic (exact) mass is 153 g/mol. The van der Waals surface area contributed by atoms with Crippen LogP contribution in [0.15, 0.2) is 0 Å². The Bertz CT molecular complexity index is 166. The van der Waals surface area contributed by atoms with Crippen LogP contribution in [0, 0.1) is 5.41 Å². The zero-order valence-electron chi connectivity index (χ0n) is 7.02. The quantitative estimate of drug-likeness (QED) is 0.611. The number of carbonyl (C=O) groups excluding carboxylic acids is 1. The third kappa shape index (κ3) is 1.00. The van der Waals surface area contributed by atoms with E-state index in [1.54, 1.807) is 6.92 Å². The summed E-state index contributed by atoms with van der Waals surface area (Å²) in [6, 6.07) is 0.719. The summed E-state index contributed by atoms with van der Waals surface area (Å²) in [4.78, 5) is 11.3. The highest BCUT2D eigenvalue weighted by Gasteiger charge is 2.43. The van der Waals surface area contributed by atoms with Crippen molar-refractivity contribution >= 4 is 5.78 Å². The molecule has 2 saturated heterocycles. The number of hydrogen-bond donors (Lipinski definition) is 1. The minimum atomic E-state index is 0.0365. The Hall–Kier alpha value is -0.370. The molecule has 0 spiro atoms. The van der Waals surface area contributed by atoms with Crippen molar-refractivity contribution in [1.82, 2.24) is 5.32 Å². The molecule has 1 N–H and O–H groups in total. The minimum Gasteiger partial charge on any atom is -0.313 e. The molecule has 0 atom stereocenters. The van der Waals surface area contributed by atoms with Crippen LogP contribution in [0.5, 0.6) is 0 Å². The van der Waals surface area contributed by atoms with Crippen molar-refractivity contribution in [2.24, 2.45) is 5.41 Å². The van der Waals surface area contributed by atoms with E-state index in [4.69, 9.17) is 0 Å². The predicted molar refractivity (Wildman–Crippen MR) is 43.4 cm³/mol. The van der Waals surface area contributed by atoms with E-state index < -0.39 is 0 Å². The summed E-state index contributed by atoms with van der Waals surface area (Å²) < 4.78 is 0. The van der Waals surface area contributed by atoms with Crippen LogP contribution in [0.3, 0.4) is 0 Å². The molecule has 11 heavy (non-hydrogen) atoms. The van der Waals surface area contributed by atoms with Gasteiger partial charge in [0.05, 0.1) is 0 Å². The van der Waals surface area contributed by atoms with Crippen LogP contribution < -0.4 is 5.32 Å². The van der Waals surface area contributed by atoms with E-state index in [0.29, 0.717) is 5.78 Å². The molecule has 0 radical (unpaired) electrons. The van der Waals surface area contributed by atoms with E-state index in [1.807, 2.05) is 0 Å². The van der Waals surface area contributed by atoms with Gasteiger partial charge in [0, 0.05) is 18.0 Å². The van der Waals surface area contributed by atoms with Crippen LogP contribution in [-0.4, -0.2) is 18.4 Å². The van der Waals surface area contributed by atoms with Gasteiger partial charge in [-0.1, -0.05) is 0 Å². The summed E-state index contributed by atoms with van der Waals surface area (Å²) in [5.74, 6) is 0.392. The minimum absolute atomic E-state index is 0.0365. The average molecular weight is 153 g/mol. The van der Waals surface area contributed by atoms with Gasteiger partial charge in [-0.15, -0.1) is 0 Å². The first-order valence-electron chi connectivity index (χ1n) is 4.47. The smallest absolute Gasteiger partial charge is 0.137 e. The molecule has 0 unspecified atom stereocenters. The number of hydrogen-bond acceptors (Lipinski definition) is 2. The maximum Gasteiger partial charge on any atom is 0.137 e. The van der Waals surface area contributed by atoms with E-state index >= 15 is 0 Å². The largest absolute Gasteiger partial charge is 0.313 e. The van der Waals surface area contributed by atoms with E-state index in [2.05, 4.69) is 5.32 Å². The van der Waals surface area contributed by atoms with Crippen molar-refractivity contribution in [1.29, 1.82) is 0 Å². The van der Waals surface area contributed by atoms with Gasteiger partial charge in [-0.25, -0.2) is 0 Å². The topological polar surface area (TPSA) is 29.1 Å². The zero-order chi connectivity index (χ0) is 7.90. The molecule has 0 aromatic carbocycles. The fraction of sp³-hybridized carbons (Fsp3) is 0.889. The first-order valence-corrected chi connectivity index (χ1v) is 4.47. The van der Waals surface area contributed by atoms with Crippen molar-refractivity contribution in [2.75, 3.05) is 6.54 Å². The first kappa shape index (κ1) is 7.29. The van der Waals surface area contributed by atoms with E-state index in [9.17, 15) is 4.79 Å². The molecule has 2 heterocycles. The lowest BCUT2D eigenvalue weighted by molar-refractivity contribution is -0.130. The molecule has 62 valence electrons. The molecule has 1 aliphatic carbocycles. The van der Waals surface area contributed by atoms with Gasteiger partial charge in [-0.2, -0.15) is 0 Å². The van der Waals surface area contributed by atoms with E-state index in [1.165, 1.54) is 12.8 Å². The summed E-state index contributed by atoms with van der Waals surface area (Å²) >= 11 is 0. The first-order chi connectivity index (χ1) is 5.23. The van der Waals surface area contributed by atoms with E-state index in [-0.39, 0.29) is 5.41 Å².